The Labute approximate surface area is 90.5 Å². The van der Waals surface area contributed by atoms with Gasteiger partial charge in [-0.05, 0) is 26.3 Å². The summed E-state index contributed by atoms with van der Waals surface area (Å²) in [5, 5.41) is 4.94. The number of nitrogens with one attached hydrogen (secondary N) is 2. The minimum Gasteiger partial charge on any atom is -0.351 e. The topological polar surface area (TPSA) is 75.3 Å². The maximum absolute atomic E-state index is 11.5. The van der Waals surface area contributed by atoms with E-state index in [0.29, 0.717) is 0 Å². The molecule has 1 rings (SSSR count). The van der Waals surface area contributed by atoms with Crippen LogP contribution in [0.2, 0.25) is 0 Å². The molecule has 0 spiro atoms. The van der Waals surface area contributed by atoms with Gasteiger partial charge in [-0.2, -0.15) is 0 Å². The Bertz CT molecular complexity index is 320. The molecule has 1 aliphatic heterocycles. The molecule has 88 valence electrons. The maximum atomic E-state index is 11.5. The van der Waals surface area contributed by atoms with Crippen molar-refractivity contribution in [3.8, 4) is 0 Å². The molecule has 6 heteroatoms. The first-order valence-electron chi connectivity index (χ1n) is 5.11. The average molecular weight is 234 g/mol. The van der Waals surface area contributed by atoms with Crippen molar-refractivity contribution < 1.29 is 13.2 Å². The fraction of sp³-hybridized carbons (Fsp3) is 0.889. The lowest BCUT2D eigenvalue weighted by molar-refractivity contribution is -0.121. The van der Waals surface area contributed by atoms with Crippen LogP contribution in [0.25, 0.3) is 0 Å². The van der Waals surface area contributed by atoms with E-state index in [-0.39, 0.29) is 6.04 Å². The zero-order valence-corrected chi connectivity index (χ0v) is 9.93. The second-order valence-corrected chi connectivity index (χ2v) is 6.39. The summed E-state index contributed by atoms with van der Waals surface area (Å²) in [6.45, 7) is 3.11. The van der Waals surface area contributed by atoms with Gasteiger partial charge in [-0.15, -0.1) is 0 Å². The van der Waals surface area contributed by atoms with Gasteiger partial charge in [0.1, 0.15) is 5.25 Å². The van der Waals surface area contributed by atoms with Crippen LogP contribution < -0.4 is 10.6 Å². The standard InChI is InChI=1S/C9H18N2O3S/c1-7(15(2,13)14)9(12)11-8-4-3-5-10-6-8/h7-8,10H,3-6H2,1-2H3,(H,11,12)/t7?,8-/m1/s1. The molecule has 0 aromatic carbocycles. The Morgan fingerprint density at radius 1 is 1.53 bits per heavy atom. The first kappa shape index (κ1) is 12.4. The molecule has 1 fully saturated rings. The van der Waals surface area contributed by atoms with E-state index in [0.717, 1.165) is 32.2 Å². The summed E-state index contributed by atoms with van der Waals surface area (Å²) in [6.07, 6.45) is 3.00. The molecule has 2 N–H and O–H groups in total. The molecule has 0 bridgehead atoms. The van der Waals surface area contributed by atoms with Gasteiger partial charge in [-0.25, -0.2) is 8.42 Å². The number of amides is 1. The fourth-order valence-corrected chi connectivity index (χ4v) is 1.94. The van der Waals surface area contributed by atoms with Crippen molar-refractivity contribution in [3.05, 3.63) is 0 Å². The van der Waals surface area contributed by atoms with Crippen LogP contribution in [0.5, 0.6) is 0 Å². The highest BCUT2D eigenvalue weighted by atomic mass is 32.2. The zero-order chi connectivity index (χ0) is 11.5. The molecule has 1 aliphatic rings. The number of carbonyl (C=O) groups excluding carboxylic acids is 1. The molecular weight excluding hydrogens is 216 g/mol. The Hall–Kier alpha value is -0.620. The highest BCUT2D eigenvalue weighted by Gasteiger charge is 2.25. The summed E-state index contributed by atoms with van der Waals surface area (Å²) in [4.78, 5) is 11.5. The average Bonchev–Trinajstić information content (AvgIpc) is 2.16. The highest BCUT2D eigenvalue weighted by molar-refractivity contribution is 7.92. The van der Waals surface area contributed by atoms with Gasteiger partial charge in [-0.1, -0.05) is 0 Å². The first-order chi connectivity index (χ1) is 6.91. The number of sulfone groups is 1. The van der Waals surface area contributed by atoms with Crippen molar-refractivity contribution >= 4 is 15.7 Å². The van der Waals surface area contributed by atoms with Crippen LogP contribution in [0, 0.1) is 0 Å². The van der Waals surface area contributed by atoms with Crippen molar-refractivity contribution in [2.75, 3.05) is 19.3 Å². The van der Waals surface area contributed by atoms with E-state index in [9.17, 15) is 13.2 Å². The molecule has 1 unspecified atom stereocenters. The van der Waals surface area contributed by atoms with Crippen LogP contribution >= 0.6 is 0 Å². The van der Waals surface area contributed by atoms with Gasteiger partial charge < -0.3 is 10.6 Å². The molecule has 0 aliphatic carbocycles. The van der Waals surface area contributed by atoms with Gasteiger partial charge in [0.15, 0.2) is 9.84 Å². The van der Waals surface area contributed by atoms with Crippen molar-refractivity contribution in [2.45, 2.75) is 31.1 Å². The Balaban J connectivity index is 2.47. The minimum atomic E-state index is -3.29. The van der Waals surface area contributed by atoms with Crippen molar-refractivity contribution in [2.24, 2.45) is 0 Å². The smallest absolute Gasteiger partial charge is 0.238 e. The molecule has 1 saturated heterocycles. The Morgan fingerprint density at radius 2 is 2.20 bits per heavy atom. The number of carbonyl (C=O) groups is 1. The summed E-state index contributed by atoms with van der Waals surface area (Å²) in [6, 6.07) is 0.0652. The van der Waals surface area contributed by atoms with Crippen LogP contribution in [-0.2, 0) is 14.6 Å². The monoisotopic (exact) mass is 234 g/mol. The predicted molar refractivity (Wildman–Crippen MR) is 58.3 cm³/mol. The molecule has 0 aromatic rings. The van der Waals surface area contributed by atoms with Crippen LogP contribution in [0.3, 0.4) is 0 Å². The number of hydrogen-bond acceptors (Lipinski definition) is 4. The van der Waals surface area contributed by atoms with Crippen LogP contribution in [0.4, 0.5) is 0 Å². The van der Waals surface area contributed by atoms with Crippen LogP contribution in [0.1, 0.15) is 19.8 Å². The molecule has 0 saturated carbocycles. The van der Waals surface area contributed by atoms with Gasteiger partial charge in [0, 0.05) is 18.8 Å². The van der Waals surface area contributed by atoms with Gasteiger partial charge in [0.2, 0.25) is 5.91 Å². The third-order valence-electron chi connectivity index (χ3n) is 2.65. The van der Waals surface area contributed by atoms with E-state index < -0.39 is 21.0 Å². The summed E-state index contributed by atoms with van der Waals surface area (Å²) in [5.41, 5.74) is 0. The molecule has 1 heterocycles. The van der Waals surface area contributed by atoms with Gasteiger partial charge in [0.25, 0.3) is 0 Å². The van der Waals surface area contributed by atoms with E-state index in [1.165, 1.54) is 6.92 Å². The maximum Gasteiger partial charge on any atom is 0.238 e. The quantitative estimate of drug-likeness (QED) is 0.676. The third kappa shape index (κ3) is 3.79. The SMILES string of the molecule is CC(C(=O)N[C@@H]1CCCNC1)S(C)(=O)=O. The summed E-state index contributed by atoms with van der Waals surface area (Å²) < 4.78 is 22.3. The highest BCUT2D eigenvalue weighted by Crippen LogP contribution is 2.04. The van der Waals surface area contributed by atoms with Crippen LogP contribution in [-0.4, -0.2) is 45.0 Å². The van der Waals surface area contributed by atoms with Crippen molar-refractivity contribution in [1.82, 2.24) is 10.6 Å². The normalized spacial score (nSPS) is 24.5. The van der Waals surface area contributed by atoms with Crippen molar-refractivity contribution in [1.29, 1.82) is 0 Å². The lowest BCUT2D eigenvalue weighted by Gasteiger charge is -2.24. The third-order valence-corrected chi connectivity index (χ3v) is 4.15. The lowest BCUT2D eigenvalue weighted by Crippen LogP contribution is -2.49. The van der Waals surface area contributed by atoms with Gasteiger partial charge >= 0.3 is 0 Å². The molecule has 1 amide bonds. The molecular formula is C9H18N2O3S. The number of hydrogen-bond donors (Lipinski definition) is 2. The Kier molecular flexibility index (Phi) is 4.10. The lowest BCUT2D eigenvalue weighted by atomic mass is 10.1. The predicted octanol–water partition coefficient (Wildman–Crippen LogP) is -0.712. The summed E-state index contributed by atoms with van der Waals surface area (Å²) in [5.74, 6) is -0.397. The molecule has 15 heavy (non-hydrogen) atoms. The van der Waals surface area contributed by atoms with Crippen molar-refractivity contribution in [3.63, 3.8) is 0 Å². The van der Waals surface area contributed by atoms with E-state index in [1.54, 1.807) is 0 Å². The second kappa shape index (κ2) is 4.94. The first-order valence-corrected chi connectivity index (χ1v) is 7.06. The van der Waals surface area contributed by atoms with Gasteiger partial charge in [0.05, 0.1) is 0 Å². The minimum absolute atomic E-state index is 0.0652. The largest absolute Gasteiger partial charge is 0.351 e. The second-order valence-electron chi connectivity index (χ2n) is 4.02. The summed E-state index contributed by atoms with van der Waals surface area (Å²) in [7, 11) is -3.29. The van der Waals surface area contributed by atoms with E-state index in [4.69, 9.17) is 0 Å². The molecule has 0 radical (unpaired) electrons. The zero-order valence-electron chi connectivity index (χ0n) is 9.12. The molecule has 2 atom stereocenters. The van der Waals surface area contributed by atoms with Crippen LogP contribution in [0.15, 0.2) is 0 Å². The molecule has 5 nitrogen and oxygen atoms in total. The van der Waals surface area contributed by atoms with E-state index in [1.807, 2.05) is 0 Å². The summed E-state index contributed by atoms with van der Waals surface area (Å²) >= 11 is 0. The molecule has 0 aromatic heterocycles. The number of piperidine rings is 1. The van der Waals surface area contributed by atoms with E-state index in [2.05, 4.69) is 10.6 Å². The fourth-order valence-electron chi connectivity index (χ4n) is 1.49. The number of rotatable bonds is 3. The Morgan fingerprint density at radius 3 is 2.67 bits per heavy atom. The van der Waals surface area contributed by atoms with E-state index >= 15 is 0 Å². The van der Waals surface area contributed by atoms with Gasteiger partial charge in [-0.3, -0.25) is 4.79 Å².